The van der Waals surface area contributed by atoms with Crippen LogP contribution in [0.1, 0.15) is 43.2 Å². The third-order valence-electron chi connectivity index (χ3n) is 6.12. The number of hydrogen-bond donors (Lipinski definition) is 3. The second-order valence-electron chi connectivity index (χ2n) is 8.91. The first kappa shape index (κ1) is 23.7. The van der Waals surface area contributed by atoms with E-state index in [1.165, 1.54) is 11.9 Å². The standard InChI is InChI=1S/C25H33N7O2/c1-31-12-6-4-3-5-10-21(33)26-11-13-32(2)24-22-20(25(34)30-23(22)28-17-29-24)15-27-19-9-7-8-18(14-19)16-31/h7-9,14-15,17,34H,3-6,10-13,16H2,1-2H3,(H,26,33)(H,28,29,30). The summed E-state index contributed by atoms with van der Waals surface area (Å²) in [5.74, 6) is 0.741. The third-order valence-corrected chi connectivity index (χ3v) is 6.12. The highest BCUT2D eigenvalue weighted by Gasteiger charge is 2.18. The van der Waals surface area contributed by atoms with Gasteiger partial charge in [-0.05, 0) is 44.1 Å². The number of carbonyl (C=O) groups excluding carboxylic acids is 1. The molecule has 34 heavy (non-hydrogen) atoms. The van der Waals surface area contributed by atoms with E-state index in [0.717, 1.165) is 44.5 Å². The lowest BCUT2D eigenvalue weighted by Gasteiger charge is -2.19. The van der Waals surface area contributed by atoms with Crippen molar-refractivity contribution in [2.75, 3.05) is 38.6 Å². The molecule has 0 aliphatic carbocycles. The van der Waals surface area contributed by atoms with Crippen LogP contribution in [0.3, 0.4) is 0 Å². The van der Waals surface area contributed by atoms with E-state index >= 15 is 0 Å². The number of aromatic hydroxyl groups is 1. The quantitative estimate of drug-likeness (QED) is 0.472. The predicted octanol–water partition coefficient (Wildman–Crippen LogP) is 3.36. The van der Waals surface area contributed by atoms with E-state index in [0.29, 0.717) is 41.9 Å². The fraction of sp³-hybridized carbons (Fsp3) is 0.440. The Morgan fingerprint density at radius 2 is 1.91 bits per heavy atom. The molecule has 0 fully saturated rings. The molecule has 0 unspecified atom stereocenters. The highest BCUT2D eigenvalue weighted by molar-refractivity contribution is 6.06. The lowest BCUT2D eigenvalue weighted by atomic mass is 10.1. The molecule has 0 spiro atoms. The Morgan fingerprint density at radius 1 is 1.06 bits per heavy atom. The van der Waals surface area contributed by atoms with Gasteiger partial charge in [0.2, 0.25) is 5.91 Å². The first-order valence-electron chi connectivity index (χ1n) is 11.9. The number of hydrogen-bond acceptors (Lipinski definition) is 7. The Bertz CT molecular complexity index is 1160. The van der Waals surface area contributed by atoms with Gasteiger partial charge in [0.05, 0.1) is 16.6 Å². The number of benzene rings is 1. The summed E-state index contributed by atoms with van der Waals surface area (Å²) in [5, 5.41) is 14.3. The average Bonchev–Trinajstić information content (AvgIpc) is 3.14. The maximum Gasteiger partial charge on any atom is 0.220 e. The Labute approximate surface area is 199 Å². The smallest absolute Gasteiger partial charge is 0.220 e. The summed E-state index contributed by atoms with van der Waals surface area (Å²) in [7, 11) is 4.04. The van der Waals surface area contributed by atoms with Crippen LogP contribution < -0.4 is 10.2 Å². The maximum atomic E-state index is 12.2. The molecule has 9 heteroatoms. The number of aromatic nitrogens is 3. The summed E-state index contributed by atoms with van der Waals surface area (Å²) in [5.41, 5.74) is 3.08. The molecule has 180 valence electrons. The fourth-order valence-corrected chi connectivity index (χ4v) is 4.28. The van der Waals surface area contributed by atoms with Crippen molar-refractivity contribution in [1.29, 1.82) is 0 Å². The Kier molecular flexibility index (Phi) is 7.74. The SMILES string of the molecule is CN1CCCCCCC(=O)NCCN(C)c2ncnc3[nH]c(O)c(c23)C=Nc2cccc(c2)C1. The van der Waals surface area contributed by atoms with Gasteiger partial charge in [0.25, 0.3) is 0 Å². The van der Waals surface area contributed by atoms with E-state index in [2.05, 4.69) is 49.3 Å². The first-order chi connectivity index (χ1) is 16.5. The number of nitrogens with one attached hydrogen (secondary N) is 2. The summed E-state index contributed by atoms with van der Waals surface area (Å²) < 4.78 is 0. The van der Waals surface area contributed by atoms with Gasteiger partial charge in [-0.3, -0.25) is 9.79 Å². The fourth-order valence-electron chi connectivity index (χ4n) is 4.28. The molecule has 0 saturated heterocycles. The molecule has 9 nitrogen and oxygen atoms in total. The molecular formula is C25H33N7O2. The van der Waals surface area contributed by atoms with Gasteiger partial charge in [0, 0.05) is 39.3 Å². The van der Waals surface area contributed by atoms with Crippen molar-refractivity contribution in [1.82, 2.24) is 25.2 Å². The van der Waals surface area contributed by atoms with E-state index in [4.69, 9.17) is 0 Å². The van der Waals surface area contributed by atoms with Gasteiger partial charge in [-0.2, -0.15) is 0 Å². The number of amides is 1. The summed E-state index contributed by atoms with van der Waals surface area (Å²) in [4.78, 5) is 32.8. The van der Waals surface area contributed by atoms with Crippen molar-refractivity contribution in [2.24, 2.45) is 4.99 Å². The highest BCUT2D eigenvalue weighted by atomic mass is 16.3. The predicted molar refractivity (Wildman–Crippen MR) is 135 cm³/mol. The molecule has 1 aliphatic heterocycles. The van der Waals surface area contributed by atoms with Crippen LogP contribution in [0, 0.1) is 0 Å². The monoisotopic (exact) mass is 463 g/mol. The van der Waals surface area contributed by atoms with Crippen LogP contribution in [0.4, 0.5) is 11.5 Å². The van der Waals surface area contributed by atoms with Gasteiger partial charge in [-0.15, -0.1) is 0 Å². The number of aliphatic imine (C=N–C) groups is 1. The van der Waals surface area contributed by atoms with Crippen LogP contribution in [0.2, 0.25) is 0 Å². The summed E-state index contributed by atoms with van der Waals surface area (Å²) in [6, 6.07) is 8.14. The van der Waals surface area contributed by atoms with Crippen molar-refractivity contribution >= 4 is 34.7 Å². The molecule has 1 aromatic carbocycles. The van der Waals surface area contributed by atoms with Crippen molar-refractivity contribution < 1.29 is 9.90 Å². The lowest BCUT2D eigenvalue weighted by molar-refractivity contribution is -0.121. The largest absolute Gasteiger partial charge is 0.494 e. The number of aromatic amines is 1. The second kappa shape index (κ2) is 11.1. The Hall–Kier alpha value is -3.46. The normalized spacial score (nSPS) is 17.4. The molecule has 3 heterocycles. The minimum atomic E-state index is -0.00326. The topological polar surface area (TPSA) is 110 Å². The molecule has 0 radical (unpaired) electrons. The number of likely N-dealkylation sites (N-methyl/N-ethyl adjacent to an activating group) is 1. The molecule has 0 atom stereocenters. The molecule has 1 aliphatic rings. The lowest BCUT2D eigenvalue weighted by Crippen LogP contribution is -2.33. The van der Waals surface area contributed by atoms with E-state index < -0.39 is 0 Å². The summed E-state index contributed by atoms with van der Waals surface area (Å²) >= 11 is 0. The van der Waals surface area contributed by atoms with Crippen molar-refractivity contribution in [3.8, 4) is 5.88 Å². The van der Waals surface area contributed by atoms with Crippen LogP contribution in [-0.2, 0) is 11.3 Å². The summed E-state index contributed by atoms with van der Waals surface area (Å²) in [6.07, 6.45) is 7.87. The highest BCUT2D eigenvalue weighted by Crippen LogP contribution is 2.31. The van der Waals surface area contributed by atoms with Gasteiger partial charge in [-0.25, -0.2) is 9.97 Å². The van der Waals surface area contributed by atoms with Crippen LogP contribution in [-0.4, -0.2) is 70.8 Å². The Morgan fingerprint density at radius 3 is 2.79 bits per heavy atom. The number of fused-ring (bicyclic) bond motifs is 2. The Balaban J connectivity index is 1.65. The summed E-state index contributed by atoms with van der Waals surface area (Å²) in [6.45, 7) is 2.94. The first-order valence-corrected chi connectivity index (χ1v) is 11.9. The minimum Gasteiger partial charge on any atom is -0.494 e. The van der Waals surface area contributed by atoms with Gasteiger partial charge < -0.3 is 25.2 Å². The molecule has 4 rings (SSSR count). The maximum absolute atomic E-state index is 12.2. The zero-order valence-electron chi connectivity index (χ0n) is 19.9. The van der Waals surface area contributed by atoms with E-state index in [9.17, 15) is 9.90 Å². The minimum absolute atomic E-state index is 0.00326. The third kappa shape index (κ3) is 5.91. The van der Waals surface area contributed by atoms with Gasteiger partial charge in [0.15, 0.2) is 5.88 Å². The average molecular weight is 464 g/mol. The van der Waals surface area contributed by atoms with Crippen LogP contribution in [0.15, 0.2) is 35.6 Å². The number of nitrogens with zero attached hydrogens (tertiary/aromatic N) is 5. The van der Waals surface area contributed by atoms with E-state index in [-0.39, 0.29) is 11.8 Å². The molecule has 3 aromatic rings. The van der Waals surface area contributed by atoms with Crippen LogP contribution in [0.25, 0.3) is 11.0 Å². The number of rotatable bonds is 0. The molecule has 1 amide bonds. The molecule has 0 saturated carbocycles. The van der Waals surface area contributed by atoms with Crippen LogP contribution >= 0.6 is 0 Å². The zero-order valence-corrected chi connectivity index (χ0v) is 19.9. The molecule has 2 bridgehead atoms. The van der Waals surface area contributed by atoms with Crippen molar-refractivity contribution in [3.63, 3.8) is 0 Å². The van der Waals surface area contributed by atoms with Crippen molar-refractivity contribution in [2.45, 2.75) is 38.6 Å². The van der Waals surface area contributed by atoms with E-state index in [1.807, 2.05) is 24.1 Å². The number of anilines is 1. The van der Waals surface area contributed by atoms with Gasteiger partial charge in [0.1, 0.15) is 17.8 Å². The number of carbonyl (C=O) groups is 1. The molecule has 3 N–H and O–H groups in total. The second-order valence-corrected chi connectivity index (χ2v) is 8.91. The molecular weight excluding hydrogens is 430 g/mol. The zero-order chi connectivity index (χ0) is 23.9. The van der Waals surface area contributed by atoms with Crippen LogP contribution in [0.5, 0.6) is 5.88 Å². The molecule has 2 aromatic heterocycles. The van der Waals surface area contributed by atoms with E-state index in [1.54, 1.807) is 6.21 Å². The van der Waals surface area contributed by atoms with Crippen molar-refractivity contribution in [3.05, 3.63) is 41.7 Å². The number of H-pyrrole nitrogens is 1. The van der Waals surface area contributed by atoms with Gasteiger partial charge in [-0.1, -0.05) is 25.0 Å². The van der Waals surface area contributed by atoms with Gasteiger partial charge >= 0.3 is 0 Å².